The van der Waals surface area contributed by atoms with Gasteiger partial charge in [-0.3, -0.25) is 9.59 Å². The fourth-order valence-corrected chi connectivity index (χ4v) is 2.82. The minimum Gasteiger partial charge on any atom is -0.464 e. The van der Waals surface area contributed by atoms with Crippen molar-refractivity contribution in [3.8, 4) is 0 Å². The van der Waals surface area contributed by atoms with E-state index in [1.54, 1.807) is 0 Å². The first-order valence-electron chi connectivity index (χ1n) is 8.83. The molecule has 1 aromatic heterocycles. The Kier molecular flexibility index (Phi) is 7.79. The van der Waals surface area contributed by atoms with E-state index in [2.05, 4.69) is 5.32 Å². The molecule has 30 heavy (non-hydrogen) atoms. The monoisotopic (exact) mass is 424 g/mol. The molecule has 0 aliphatic rings. The Morgan fingerprint density at radius 2 is 1.83 bits per heavy atom. The van der Waals surface area contributed by atoms with Crippen LogP contribution in [0.2, 0.25) is 0 Å². The Bertz CT molecular complexity index is 1000. The van der Waals surface area contributed by atoms with Gasteiger partial charge in [0.05, 0.1) is 13.7 Å². The molecule has 0 aliphatic carbocycles. The van der Waals surface area contributed by atoms with Gasteiger partial charge in [0.25, 0.3) is 5.91 Å². The first-order chi connectivity index (χ1) is 14.2. The van der Waals surface area contributed by atoms with E-state index in [-0.39, 0.29) is 35.5 Å². The van der Waals surface area contributed by atoms with Gasteiger partial charge in [0, 0.05) is 44.2 Å². The van der Waals surface area contributed by atoms with Crippen molar-refractivity contribution in [2.24, 2.45) is 0 Å². The first-order valence-corrected chi connectivity index (χ1v) is 8.83. The standard InChI is InChI=1S/C20H22F2N2O6/c1-11-17(20(27)30-4)24(10-16(28-2)29-3)9-14(18(11)25)19(26)23-8-12-5-6-13(21)7-15(12)22/h5-7,9,16H,8,10H2,1-4H3,(H,23,26). The lowest BCUT2D eigenvalue weighted by Gasteiger charge is -2.20. The van der Waals surface area contributed by atoms with Crippen molar-refractivity contribution in [3.05, 3.63) is 68.6 Å². The molecule has 1 aromatic carbocycles. The van der Waals surface area contributed by atoms with E-state index in [1.165, 1.54) is 45.1 Å². The number of hydrogen-bond acceptors (Lipinski definition) is 6. The molecule has 8 nitrogen and oxygen atoms in total. The van der Waals surface area contributed by atoms with Gasteiger partial charge in [-0.1, -0.05) is 6.07 Å². The van der Waals surface area contributed by atoms with E-state index in [4.69, 9.17) is 14.2 Å². The van der Waals surface area contributed by atoms with E-state index >= 15 is 0 Å². The fourth-order valence-electron chi connectivity index (χ4n) is 2.82. The third kappa shape index (κ3) is 5.08. The van der Waals surface area contributed by atoms with Crippen LogP contribution in [-0.4, -0.2) is 44.1 Å². The molecule has 0 aliphatic heterocycles. The summed E-state index contributed by atoms with van der Waals surface area (Å²) in [6, 6.07) is 2.94. The van der Waals surface area contributed by atoms with E-state index < -0.39 is 35.2 Å². The number of amides is 1. The number of rotatable bonds is 8. The number of benzene rings is 1. The highest BCUT2D eigenvalue weighted by Crippen LogP contribution is 2.12. The summed E-state index contributed by atoms with van der Waals surface area (Å²) in [5, 5.41) is 2.42. The SMILES string of the molecule is COC(=O)c1c(C)c(=O)c(C(=O)NCc2ccc(F)cc2F)cn1CC(OC)OC. The second-order valence-corrected chi connectivity index (χ2v) is 6.31. The zero-order chi connectivity index (χ0) is 22.4. The van der Waals surface area contributed by atoms with Crippen LogP contribution in [-0.2, 0) is 27.3 Å². The van der Waals surface area contributed by atoms with Crippen LogP contribution < -0.4 is 10.7 Å². The van der Waals surface area contributed by atoms with Crippen molar-refractivity contribution in [1.29, 1.82) is 0 Å². The summed E-state index contributed by atoms with van der Waals surface area (Å²) >= 11 is 0. The number of nitrogens with zero attached hydrogens (tertiary/aromatic N) is 1. The van der Waals surface area contributed by atoms with Gasteiger partial charge in [0.2, 0.25) is 0 Å². The van der Waals surface area contributed by atoms with Gasteiger partial charge in [-0.15, -0.1) is 0 Å². The molecule has 10 heteroatoms. The van der Waals surface area contributed by atoms with Gasteiger partial charge < -0.3 is 24.1 Å². The maximum absolute atomic E-state index is 13.8. The van der Waals surface area contributed by atoms with Crippen LogP contribution in [0.25, 0.3) is 0 Å². The zero-order valence-electron chi connectivity index (χ0n) is 17.0. The van der Waals surface area contributed by atoms with Crippen LogP contribution in [0.15, 0.2) is 29.2 Å². The summed E-state index contributed by atoms with van der Waals surface area (Å²) in [6.45, 7) is 1.11. The van der Waals surface area contributed by atoms with E-state index in [0.29, 0.717) is 6.07 Å². The van der Waals surface area contributed by atoms with Crippen LogP contribution in [0.5, 0.6) is 0 Å². The van der Waals surface area contributed by atoms with Gasteiger partial charge in [0.15, 0.2) is 11.7 Å². The molecule has 1 amide bonds. The topological polar surface area (TPSA) is 95.9 Å². The number of carbonyl (C=O) groups is 2. The molecule has 0 bridgehead atoms. The van der Waals surface area contributed by atoms with Gasteiger partial charge in [-0.2, -0.15) is 0 Å². The quantitative estimate of drug-likeness (QED) is 0.513. The number of hydrogen-bond donors (Lipinski definition) is 1. The maximum atomic E-state index is 13.8. The molecule has 0 radical (unpaired) electrons. The van der Waals surface area contributed by atoms with E-state index in [9.17, 15) is 23.2 Å². The Hall–Kier alpha value is -3.11. The lowest BCUT2D eigenvalue weighted by atomic mass is 10.1. The smallest absolute Gasteiger partial charge is 0.355 e. The lowest BCUT2D eigenvalue weighted by molar-refractivity contribution is -0.111. The molecule has 0 saturated heterocycles. The summed E-state index contributed by atoms with van der Waals surface area (Å²) in [7, 11) is 3.96. The average Bonchev–Trinajstić information content (AvgIpc) is 2.72. The van der Waals surface area contributed by atoms with Crippen LogP contribution in [0.1, 0.15) is 32.0 Å². The fraction of sp³-hybridized carbons (Fsp3) is 0.350. The molecule has 0 spiro atoms. The van der Waals surface area contributed by atoms with Gasteiger partial charge >= 0.3 is 5.97 Å². The summed E-state index contributed by atoms with van der Waals surface area (Å²) in [4.78, 5) is 37.5. The van der Waals surface area contributed by atoms with Crippen molar-refractivity contribution in [2.45, 2.75) is 26.3 Å². The second-order valence-electron chi connectivity index (χ2n) is 6.31. The number of ether oxygens (including phenoxy) is 3. The number of pyridine rings is 1. The van der Waals surface area contributed by atoms with Crippen molar-refractivity contribution in [2.75, 3.05) is 21.3 Å². The Labute approximate surface area is 171 Å². The maximum Gasteiger partial charge on any atom is 0.355 e. The lowest BCUT2D eigenvalue weighted by Crippen LogP contribution is -2.34. The number of nitrogens with one attached hydrogen (secondary N) is 1. The second kappa shape index (κ2) is 10.1. The third-order valence-corrected chi connectivity index (χ3v) is 4.46. The Morgan fingerprint density at radius 3 is 2.40 bits per heavy atom. The zero-order valence-corrected chi connectivity index (χ0v) is 17.0. The number of halogens is 2. The van der Waals surface area contributed by atoms with Crippen molar-refractivity contribution < 1.29 is 32.6 Å². The molecule has 0 saturated carbocycles. The van der Waals surface area contributed by atoms with Crippen LogP contribution in [0, 0.1) is 18.6 Å². The van der Waals surface area contributed by atoms with Crippen molar-refractivity contribution in [3.63, 3.8) is 0 Å². The molecule has 162 valence electrons. The minimum absolute atomic E-state index is 0.00609. The largest absolute Gasteiger partial charge is 0.464 e. The predicted molar refractivity (Wildman–Crippen MR) is 102 cm³/mol. The van der Waals surface area contributed by atoms with Crippen molar-refractivity contribution >= 4 is 11.9 Å². The molecule has 0 atom stereocenters. The number of aromatic nitrogens is 1. The van der Waals surface area contributed by atoms with Crippen molar-refractivity contribution in [1.82, 2.24) is 9.88 Å². The first kappa shape index (κ1) is 23.2. The van der Waals surface area contributed by atoms with Gasteiger partial charge in [-0.25, -0.2) is 13.6 Å². The molecule has 1 heterocycles. The predicted octanol–water partition coefficient (Wildman–Crippen LogP) is 1.77. The Balaban J connectivity index is 2.40. The molecule has 2 rings (SSSR count). The third-order valence-electron chi connectivity index (χ3n) is 4.46. The number of carbonyl (C=O) groups excluding carboxylic acids is 2. The molecule has 2 aromatic rings. The highest BCUT2D eigenvalue weighted by atomic mass is 19.1. The highest BCUT2D eigenvalue weighted by Gasteiger charge is 2.24. The van der Waals surface area contributed by atoms with Gasteiger partial charge in [-0.05, 0) is 13.0 Å². The molecular weight excluding hydrogens is 402 g/mol. The normalized spacial score (nSPS) is 10.9. The van der Waals surface area contributed by atoms with Gasteiger partial charge in [0.1, 0.15) is 22.9 Å². The highest BCUT2D eigenvalue weighted by molar-refractivity contribution is 5.96. The summed E-state index contributed by atoms with van der Waals surface area (Å²) in [6.07, 6.45) is 0.419. The summed E-state index contributed by atoms with van der Waals surface area (Å²) in [5.74, 6) is -3.13. The minimum atomic E-state index is -0.826. The van der Waals surface area contributed by atoms with Crippen LogP contribution in [0.3, 0.4) is 0 Å². The van der Waals surface area contributed by atoms with Crippen LogP contribution in [0.4, 0.5) is 8.78 Å². The molecule has 1 N–H and O–H groups in total. The molecule has 0 unspecified atom stereocenters. The number of esters is 1. The molecule has 0 fully saturated rings. The van der Waals surface area contributed by atoms with E-state index in [0.717, 1.165) is 6.07 Å². The van der Waals surface area contributed by atoms with E-state index in [1.807, 2.05) is 0 Å². The Morgan fingerprint density at radius 1 is 1.17 bits per heavy atom. The summed E-state index contributed by atoms with van der Waals surface area (Å²) in [5.41, 5.74) is -0.966. The average molecular weight is 424 g/mol. The number of methoxy groups -OCH3 is 3. The summed E-state index contributed by atoms with van der Waals surface area (Å²) < 4.78 is 43.1. The van der Waals surface area contributed by atoms with Crippen LogP contribution >= 0.6 is 0 Å². The molecular formula is C20H22F2N2O6.